The van der Waals surface area contributed by atoms with E-state index in [9.17, 15) is 4.79 Å². The molecule has 1 unspecified atom stereocenters. The lowest BCUT2D eigenvalue weighted by atomic mass is 9.98. The van der Waals surface area contributed by atoms with Gasteiger partial charge in [-0.2, -0.15) is 5.10 Å². The Hall–Kier alpha value is -1.59. The number of aromatic nitrogens is 3. The van der Waals surface area contributed by atoms with Gasteiger partial charge in [-0.1, -0.05) is 0 Å². The van der Waals surface area contributed by atoms with E-state index in [1.54, 1.807) is 4.68 Å². The van der Waals surface area contributed by atoms with Crippen LogP contribution in [-0.2, 0) is 18.3 Å². The minimum Gasteiger partial charge on any atom is -0.444 e. The second kappa shape index (κ2) is 11.4. The highest BCUT2D eigenvalue weighted by Crippen LogP contribution is 2.18. The second-order valence-corrected chi connectivity index (χ2v) is 7.81. The lowest BCUT2D eigenvalue weighted by Crippen LogP contribution is -2.47. The molecule has 0 aromatic carbocycles. The first-order chi connectivity index (χ1) is 12.8. The van der Waals surface area contributed by atoms with Crippen molar-refractivity contribution in [2.45, 2.75) is 52.7 Å². The van der Waals surface area contributed by atoms with Crippen LogP contribution in [-0.4, -0.2) is 63.5 Å². The number of carbonyl (C=O) groups excluding carboxylic acids is 1. The minimum atomic E-state index is -0.465. The molecule has 0 spiro atoms. The average molecular weight is 507 g/mol. The normalized spacial score (nSPS) is 17.7. The van der Waals surface area contributed by atoms with E-state index in [2.05, 4.69) is 25.7 Å². The van der Waals surface area contributed by atoms with Gasteiger partial charge in [0.15, 0.2) is 5.96 Å². The number of amides is 1. The van der Waals surface area contributed by atoms with E-state index in [1.807, 2.05) is 39.6 Å². The summed E-state index contributed by atoms with van der Waals surface area (Å²) >= 11 is 0. The molecule has 0 radical (unpaired) electrons. The largest absolute Gasteiger partial charge is 0.444 e. The number of hydrogen-bond acceptors (Lipinski definition) is 5. The number of guanidine groups is 1. The fourth-order valence-electron chi connectivity index (χ4n) is 2.92. The molecule has 0 aliphatic carbocycles. The number of hydrogen-bond donors (Lipinski definition) is 2. The van der Waals surface area contributed by atoms with Crippen LogP contribution in [0.4, 0.5) is 4.79 Å². The summed E-state index contributed by atoms with van der Waals surface area (Å²) in [5.41, 5.74) is -0.465. The molecule has 1 aliphatic rings. The van der Waals surface area contributed by atoms with Gasteiger partial charge >= 0.3 is 6.09 Å². The maximum absolute atomic E-state index is 12.3. The van der Waals surface area contributed by atoms with Gasteiger partial charge in [-0.15, -0.1) is 24.0 Å². The maximum atomic E-state index is 12.3. The number of ether oxygens (including phenoxy) is 1. The summed E-state index contributed by atoms with van der Waals surface area (Å²) in [4.78, 5) is 22.9. The highest BCUT2D eigenvalue weighted by molar-refractivity contribution is 14.0. The molecular weight excluding hydrogens is 473 g/mol. The fourth-order valence-corrected chi connectivity index (χ4v) is 2.92. The molecule has 2 heterocycles. The Labute approximate surface area is 184 Å². The average Bonchev–Trinajstić information content (AvgIpc) is 3.01. The standard InChI is InChI=1S/C18H33N7O2.HI/c1-6-19-16(21-11-15-22-13-23-24(15)5)20-10-14-8-7-9-25(12-14)17(26)27-18(2,3)4;/h13-14H,6-12H2,1-5H3,(H2,19,20,21);1H. The van der Waals surface area contributed by atoms with Crippen LogP contribution < -0.4 is 10.6 Å². The van der Waals surface area contributed by atoms with Gasteiger partial charge in [0.25, 0.3) is 0 Å². The Morgan fingerprint density at radius 1 is 1.39 bits per heavy atom. The van der Waals surface area contributed by atoms with Crippen molar-refractivity contribution in [2.75, 3.05) is 26.2 Å². The van der Waals surface area contributed by atoms with Crippen molar-refractivity contribution in [1.82, 2.24) is 30.3 Å². The van der Waals surface area contributed by atoms with E-state index >= 15 is 0 Å². The van der Waals surface area contributed by atoms with Crippen LogP contribution in [0.2, 0.25) is 0 Å². The lowest BCUT2D eigenvalue weighted by molar-refractivity contribution is 0.0168. The van der Waals surface area contributed by atoms with Gasteiger partial charge < -0.3 is 20.3 Å². The summed E-state index contributed by atoms with van der Waals surface area (Å²) in [6, 6.07) is 0. The smallest absolute Gasteiger partial charge is 0.410 e. The van der Waals surface area contributed by atoms with Gasteiger partial charge in [0.05, 0.1) is 0 Å². The minimum absolute atomic E-state index is 0. The molecule has 160 valence electrons. The van der Waals surface area contributed by atoms with Crippen LogP contribution in [0.3, 0.4) is 0 Å². The van der Waals surface area contributed by atoms with Crippen LogP contribution in [0.1, 0.15) is 46.4 Å². The van der Waals surface area contributed by atoms with Crippen molar-refractivity contribution in [3.63, 3.8) is 0 Å². The molecule has 28 heavy (non-hydrogen) atoms. The van der Waals surface area contributed by atoms with E-state index in [-0.39, 0.29) is 30.1 Å². The Morgan fingerprint density at radius 3 is 2.75 bits per heavy atom. The van der Waals surface area contributed by atoms with Gasteiger partial charge in [0.1, 0.15) is 24.3 Å². The van der Waals surface area contributed by atoms with Crippen molar-refractivity contribution in [2.24, 2.45) is 18.0 Å². The molecule has 9 nitrogen and oxygen atoms in total. The lowest BCUT2D eigenvalue weighted by Gasteiger charge is -2.34. The number of likely N-dealkylation sites (tertiary alicyclic amines) is 1. The maximum Gasteiger partial charge on any atom is 0.410 e. The molecular formula is C18H34IN7O2. The van der Waals surface area contributed by atoms with Gasteiger partial charge in [-0.3, -0.25) is 4.68 Å². The van der Waals surface area contributed by atoms with E-state index in [1.165, 1.54) is 6.33 Å². The quantitative estimate of drug-likeness (QED) is 0.360. The Kier molecular flexibility index (Phi) is 9.97. The number of carbonyl (C=O) groups is 1. The van der Waals surface area contributed by atoms with Crippen LogP contribution in [0.25, 0.3) is 0 Å². The van der Waals surface area contributed by atoms with Crippen LogP contribution in [0.15, 0.2) is 11.3 Å². The van der Waals surface area contributed by atoms with E-state index < -0.39 is 5.60 Å². The first-order valence-electron chi connectivity index (χ1n) is 9.61. The highest BCUT2D eigenvalue weighted by atomic mass is 127. The summed E-state index contributed by atoms with van der Waals surface area (Å²) in [5.74, 6) is 1.92. The number of nitrogens with one attached hydrogen (secondary N) is 2. The van der Waals surface area contributed by atoms with Crippen LogP contribution in [0.5, 0.6) is 0 Å². The van der Waals surface area contributed by atoms with Crippen molar-refractivity contribution in [3.8, 4) is 0 Å². The molecule has 1 amide bonds. The third kappa shape index (κ3) is 8.19. The van der Waals surface area contributed by atoms with E-state index in [0.717, 1.165) is 44.3 Å². The van der Waals surface area contributed by atoms with Crippen molar-refractivity contribution < 1.29 is 9.53 Å². The molecule has 1 atom stereocenters. The van der Waals surface area contributed by atoms with Gasteiger partial charge in [-0.25, -0.2) is 14.8 Å². The SMILES string of the molecule is CCNC(=NCc1ncnn1C)NCC1CCCN(C(=O)OC(C)(C)C)C1.I. The topological polar surface area (TPSA) is 96.7 Å². The molecule has 1 aliphatic heterocycles. The van der Waals surface area contributed by atoms with Crippen molar-refractivity contribution in [3.05, 3.63) is 12.2 Å². The van der Waals surface area contributed by atoms with E-state index in [0.29, 0.717) is 19.0 Å². The zero-order chi connectivity index (χ0) is 19.9. The number of nitrogens with zero attached hydrogens (tertiary/aromatic N) is 5. The molecule has 1 fully saturated rings. The zero-order valence-corrected chi connectivity index (χ0v) is 19.9. The predicted octanol–water partition coefficient (Wildman–Crippen LogP) is 2.14. The molecule has 2 N–H and O–H groups in total. The molecule has 0 saturated carbocycles. The molecule has 1 aromatic heterocycles. The first-order valence-corrected chi connectivity index (χ1v) is 9.61. The second-order valence-electron chi connectivity index (χ2n) is 7.81. The number of aryl methyl sites for hydroxylation is 1. The summed E-state index contributed by atoms with van der Waals surface area (Å²) in [6.45, 7) is 11.2. The predicted molar refractivity (Wildman–Crippen MR) is 120 cm³/mol. The highest BCUT2D eigenvalue weighted by Gasteiger charge is 2.27. The number of piperidine rings is 1. The Bertz CT molecular complexity index is 642. The first kappa shape index (κ1) is 24.4. The molecule has 1 aromatic rings. The third-order valence-corrected chi connectivity index (χ3v) is 4.26. The fraction of sp³-hybridized carbons (Fsp3) is 0.778. The summed E-state index contributed by atoms with van der Waals surface area (Å²) in [6.07, 6.45) is 3.36. The molecule has 10 heteroatoms. The summed E-state index contributed by atoms with van der Waals surface area (Å²) in [5, 5.41) is 10.7. The Morgan fingerprint density at radius 2 is 2.14 bits per heavy atom. The number of aliphatic imine (C=N–C) groups is 1. The van der Waals surface area contributed by atoms with E-state index in [4.69, 9.17) is 4.74 Å². The zero-order valence-electron chi connectivity index (χ0n) is 17.6. The van der Waals surface area contributed by atoms with Crippen LogP contribution >= 0.6 is 24.0 Å². The molecule has 0 bridgehead atoms. The summed E-state index contributed by atoms with van der Waals surface area (Å²) < 4.78 is 7.21. The number of rotatable bonds is 5. The number of halogens is 1. The van der Waals surface area contributed by atoms with Gasteiger partial charge in [0.2, 0.25) is 0 Å². The summed E-state index contributed by atoms with van der Waals surface area (Å²) in [7, 11) is 1.85. The Balaban J connectivity index is 0.00000392. The molecule has 1 saturated heterocycles. The van der Waals surface area contributed by atoms with Gasteiger partial charge in [-0.05, 0) is 46.5 Å². The van der Waals surface area contributed by atoms with Gasteiger partial charge in [0, 0.05) is 33.2 Å². The third-order valence-electron chi connectivity index (χ3n) is 4.26. The van der Waals surface area contributed by atoms with Crippen molar-refractivity contribution in [1.29, 1.82) is 0 Å². The van der Waals surface area contributed by atoms with Crippen LogP contribution in [0, 0.1) is 5.92 Å². The van der Waals surface area contributed by atoms with Crippen molar-refractivity contribution >= 4 is 36.0 Å². The monoisotopic (exact) mass is 507 g/mol. The molecule has 2 rings (SSSR count).